The predicted molar refractivity (Wildman–Crippen MR) is 52.2 cm³/mol. The summed E-state index contributed by atoms with van der Waals surface area (Å²) in [6.45, 7) is -0.237. The molecule has 0 amide bonds. The molecule has 1 aromatic rings. The highest BCUT2D eigenvalue weighted by molar-refractivity contribution is 5.85. The van der Waals surface area contributed by atoms with Crippen LogP contribution >= 0.6 is 12.4 Å². The lowest BCUT2D eigenvalue weighted by molar-refractivity contribution is 0.275. The molecule has 0 saturated carbocycles. The van der Waals surface area contributed by atoms with E-state index in [0.717, 1.165) is 0 Å². The molecule has 6 heteroatoms. The Balaban J connectivity index is 0.00000196. The van der Waals surface area contributed by atoms with Gasteiger partial charge in [-0.15, -0.1) is 12.4 Å². The average Bonchev–Trinajstić information content (AvgIpc) is 2.11. The summed E-state index contributed by atoms with van der Waals surface area (Å²) < 4.78 is 38.2. The van der Waals surface area contributed by atoms with E-state index in [1.165, 1.54) is 0 Å². The fourth-order valence-electron chi connectivity index (χ4n) is 1.12. The zero-order valence-electron chi connectivity index (χ0n) is 7.71. The molecule has 3 N–H and O–H groups in total. The smallest absolute Gasteiger partial charge is 0.161 e. The Morgan fingerprint density at radius 2 is 1.67 bits per heavy atom. The summed E-state index contributed by atoms with van der Waals surface area (Å²) >= 11 is 0. The van der Waals surface area contributed by atoms with Crippen LogP contribution in [0, 0.1) is 17.5 Å². The Hall–Kier alpha value is -0.780. The van der Waals surface area contributed by atoms with Crippen molar-refractivity contribution in [2.24, 2.45) is 5.73 Å². The van der Waals surface area contributed by atoms with Crippen molar-refractivity contribution in [1.82, 2.24) is 0 Å². The van der Waals surface area contributed by atoms with Gasteiger partial charge >= 0.3 is 0 Å². The number of nitrogens with two attached hydrogens (primary N) is 1. The van der Waals surface area contributed by atoms with Gasteiger partial charge in [-0.25, -0.2) is 13.2 Å². The van der Waals surface area contributed by atoms with Gasteiger partial charge in [0.25, 0.3) is 0 Å². The second kappa shape index (κ2) is 5.95. The van der Waals surface area contributed by atoms with Crippen molar-refractivity contribution in [1.29, 1.82) is 0 Å². The Labute approximate surface area is 91.3 Å². The average molecular weight is 242 g/mol. The summed E-state index contributed by atoms with van der Waals surface area (Å²) in [5, 5.41) is 8.54. The monoisotopic (exact) mass is 241 g/mol. The van der Waals surface area contributed by atoms with E-state index in [0.29, 0.717) is 12.1 Å². The minimum atomic E-state index is -1.25. The van der Waals surface area contributed by atoms with Crippen molar-refractivity contribution < 1.29 is 18.3 Å². The van der Waals surface area contributed by atoms with E-state index in [1.807, 2.05) is 0 Å². The van der Waals surface area contributed by atoms with Crippen LogP contribution in [0.25, 0.3) is 0 Å². The number of rotatable bonds is 3. The zero-order valence-corrected chi connectivity index (χ0v) is 8.53. The van der Waals surface area contributed by atoms with E-state index in [4.69, 9.17) is 10.8 Å². The van der Waals surface area contributed by atoms with Crippen LogP contribution in [-0.4, -0.2) is 11.7 Å². The lowest BCUT2D eigenvalue weighted by Crippen LogP contribution is -2.14. The van der Waals surface area contributed by atoms with Gasteiger partial charge in [-0.3, -0.25) is 0 Å². The molecule has 2 nitrogen and oxygen atoms in total. The first-order valence-electron chi connectivity index (χ1n) is 4.07. The third-order valence-electron chi connectivity index (χ3n) is 1.88. The highest BCUT2D eigenvalue weighted by Crippen LogP contribution is 2.20. The van der Waals surface area contributed by atoms with Gasteiger partial charge in [0.15, 0.2) is 11.6 Å². The number of hydrogen-bond donors (Lipinski definition) is 2. The van der Waals surface area contributed by atoms with Crippen LogP contribution in [0.5, 0.6) is 0 Å². The molecule has 1 unspecified atom stereocenters. The van der Waals surface area contributed by atoms with Crippen LogP contribution in [0.2, 0.25) is 0 Å². The van der Waals surface area contributed by atoms with E-state index in [-0.39, 0.29) is 31.0 Å². The second-order valence-electron chi connectivity index (χ2n) is 2.91. The number of aliphatic hydroxyl groups excluding tert-OH is 1. The Morgan fingerprint density at radius 1 is 1.13 bits per heavy atom. The summed E-state index contributed by atoms with van der Waals surface area (Å²) in [4.78, 5) is 0. The standard InChI is InChI=1S/C9H10F3NO.ClH/c10-6-4-8(12)7(11)3-5(6)9(13)1-2-14;/h3-4,9,14H,1-2,13H2;1H. The molecule has 0 fully saturated rings. The molecule has 0 aliphatic carbocycles. The molecule has 0 aromatic heterocycles. The molecule has 0 heterocycles. The van der Waals surface area contributed by atoms with E-state index in [9.17, 15) is 13.2 Å². The largest absolute Gasteiger partial charge is 0.396 e. The normalized spacial score (nSPS) is 12.1. The zero-order chi connectivity index (χ0) is 10.7. The Bertz CT molecular complexity index is 335. The van der Waals surface area contributed by atoms with Gasteiger partial charge in [-0.1, -0.05) is 0 Å². The van der Waals surface area contributed by atoms with Gasteiger partial charge in [-0.05, 0) is 12.5 Å². The maximum absolute atomic E-state index is 13.0. The minimum Gasteiger partial charge on any atom is -0.396 e. The SMILES string of the molecule is Cl.NC(CCO)c1cc(F)c(F)cc1F. The van der Waals surface area contributed by atoms with E-state index < -0.39 is 23.5 Å². The van der Waals surface area contributed by atoms with Gasteiger partial charge < -0.3 is 10.8 Å². The van der Waals surface area contributed by atoms with Crippen molar-refractivity contribution in [3.05, 3.63) is 35.1 Å². The second-order valence-corrected chi connectivity index (χ2v) is 2.91. The van der Waals surface area contributed by atoms with Crippen LogP contribution in [-0.2, 0) is 0 Å². The molecule has 0 radical (unpaired) electrons. The van der Waals surface area contributed by atoms with Crippen molar-refractivity contribution >= 4 is 12.4 Å². The molecule has 15 heavy (non-hydrogen) atoms. The molecule has 0 aliphatic rings. The van der Waals surface area contributed by atoms with Crippen molar-refractivity contribution in [3.63, 3.8) is 0 Å². The molecular weight excluding hydrogens is 231 g/mol. The molecule has 0 aliphatic heterocycles. The molecule has 0 saturated heterocycles. The maximum atomic E-state index is 13.0. The van der Waals surface area contributed by atoms with Gasteiger partial charge in [0.05, 0.1) is 0 Å². The Kier molecular flexibility index (Phi) is 5.64. The predicted octanol–water partition coefficient (Wildman–Crippen LogP) is 1.91. The number of aliphatic hydroxyl groups is 1. The van der Waals surface area contributed by atoms with Crippen molar-refractivity contribution in [2.75, 3.05) is 6.61 Å². The molecule has 86 valence electrons. The van der Waals surface area contributed by atoms with Crippen LogP contribution in [0.1, 0.15) is 18.0 Å². The topological polar surface area (TPSA) is 46.2 Å². The van der Waals surface area contributed by atoms with Crippen LogP contribution < -0.4 is 5.73 Å². The fourth-order valence-corrected chi connectivity index (χ4v) is 1.12. The summed E-state index contributed by atoms with van der Waals surface area (Å²) in [6, 6.07) is 0.336. The third-order valence-corrected chi connectivity index (χ3v) is 1.88. The molecule has 0 bridgehead atoms. The van der Waals surface area contributed by atoms with E-state index >= 15 is 0 Å². The fraction of sp³-hybridized carbons (Fsp3) is 0.333. The van der Waals surface area contributed by atoms with E-state index in [1.54, 1.807) is 0 Å². The van der Waals surface area contributed by atoms with Crippen LogP contribution in [0.3, 0.4) is 0 Å². The van der Waals surface area contributed by atoms with Gasteiger partial charge in [0.2, 0.25) is 0 Å². The number of halogens is 4. The Morgan fingerprint density at radius 3 is 2.20 bits per heavy atom. The summed E-state index contributed by atoms with van der Waals surface area (Å²) in [7, 11) is 0. The summed E-state index contributed by atoms with van der Waals surface area (Å²) in [5.74, 6) is -3.29. The molecule has 0 spiro atoms. The first-order chi connectivity index (χ1) is 6.56. The van der Waals surface area contributed by atoms with Crippen LogP contribution in [0.15, 0.2) is 12.1 Å². The number of benzene rings is 1. The first-order valence-corrected chi connectivity index (χ1v) is 4.07. The van der Waals surface area contributed by atoms with Crippen LogP contribution in [0.4, 0.5) is 13.2 Å². The minimum absolute atomic E-state index is 0. The van der Waals surface area contributed by atoms with E-state index in [2.05, 4.69) is 0 Å². The summed E-state index contributed by atoms with van der Waals surface area (Å²) in [5.41, 5.74) is 5.31. The highest BCUT2D eigenvalue weighted by Gasteiger charge is 2.15. The van der Waals surface area contributed by atoms with Gasteiger partial charge in [0, 0.05) is 24.3 Å². The third kappa shape index (κ3) is 3.37. The quantitative estimate of drug-likeness (QED) is 0.794. The van der Waals surface area contributed by atoms with Gasteiger partial charge in [0.1, 0.15) is 5.82 Å². The molecule has 1 aromatic carbocycles. The van der Waals surface area contributed by atoms with Crippen molar-refractivity contribution in [2.45, 2.75) is 12.5 Å². The summed E-state index contributed by atoms with van der Waals surface area (Å²) in [6.07, 6.45) is 0.0992. The lowest BCUT2D eigenvalue weighted by atomic mass is 10.0. The molecule has 1 atom stereocenters. The van der Waals surface area contributed by atoms with Gasteiger partial charge in [-0.2, -0.15) is 0 Å². The van der Waals surface area contributed by atoms with Crippen molar-refractivity contribution in [3.8, 4) is 0 Å². The molecular formula is C9H11ClF3NO. The lowest BCUT2D eigenvalue weighted by Gasteiger charge is -2.11. The highest BCUT2D eigenvalue weighted by atomic mass is 35.5. The maximum Gasteiger partial charge on any atom is 0.161 e. The first kappa shape index (κ1) is 14.2. The molecule has 1 rings (SSSR count). The number of hydrogen-bond acceptors (Lipinski definition) is 2.